The van der Waals surface area contributed by atoms with Gasteiger partial charge in [0.15, 0.2) is 0 Å². The summed E-state index contributed by atoms with van der Waals surface area (Å²) in [5.74, 6) is -0.266. The van der Waals surface area contributed by atoms with Crippen LogP contribution in [0.5, 0.6) is 0 Å². The predicted octanol–water partition coefficient (Wildman–Crippen LogP) is 3.54. The summed E-state index contributed by atoms with van der Waals surface area (Å²) in [6.07, 6.45) is 5.84. The molecule has 0 aromatic rings. The first kappa shape index (κ1) is 18.2. The molecule has 0 aromatic carbocycles. The van der Waals surface area contributed by atoms with Crippen LogP contribution in [0.25, 0.3) is 0 Å². The molecule has 0 heterocycles. The minimum absolute atomic E-state index is 0.266. The van der Waals surface area contributed by atoms with E-state index in [1.165, 1.54) is 43.4 Å². The SMILES string of the molecule is C=C(C)C(=O)OCCCCCC[N+](C)(CC)CCC. The van der Waals surface area contributed by atoms with Crippen LogP contribution in [0.2, 0.25) is 0 Å². The Morgan fingerprint density at radius 1 is 1.11 bits per heavy atom. The van der Waals surface area contributed by atoms with Crippen molar-refractivity contribution in [1.82, 2.24) is 0 Å². The highest BCUT2D eigenvalue weighted by atomic mass is 16.5. The van der Waals surface area contributed by atoms with Crippen LogP contribution in [0, 0.1) is 0 Å². The summed E-state index contributed by atoms with van der Waals surface area (Å²) in [5, 5.41) is 0. The van der Waals surface area contributed by atoms with E-state index in [1.54, 1.807) is 6.92 Å². The van der Waals surface area contributed by atoms with Gasteiger partial charge in [-0.25, -0.2) is 4.79 Å². The summed E-state index contributed by atoms with van der Waals surface area (Å²) < 4.78 is 6.25. The predicted molar refractivity (Wildman–Crippen MR) is 81.0 cm³/mol. The molecule has 0 aromatic heterocycles. The van der Waals surface area contributed by atoms with E-state index >= 15 is 0 Å². The van der Waals surface area contributed by atoms with Crippen LogP contribution >= 0.6 is 0 Å². The van der Waals surface area contributed by atoms with Crippen molar-refractivity contribution in [3.05, 3.63) is 12.2 Å². The highest BCUT2D eigenvalue weighted by Crippen LogP contribution is 2.09. The molecule has 0 fully saturated rings. The molecule has 0 spiro atoms. The van der Waals surface area contributed by atoms with Gasteiger partial charge in [-0.2, -0.15) is 0 Å². The second kappa shape index (κ2) is 10.0. The molecular weight excluding hydrogens is 238 g/mol. The smallest absolute Gasteiger partial charge is 0.333 e. The Morgan fingerprint density at radius 3 is 2.26 bits per heavy atom. The average Bonchev–Trinajstić information content (AvgIpc) is 2.37. The average molecular weight is 270 g/mol. The lowest BCUT2D eigenvalue weighted by Gasteiger charge is -2.33. The van der Waals surface area contributed by atoms with E-state index in [9.17, 15) is 4.79 Å². The van der Waals surface area contributed by atoms with Gasteiger partial charge in [-0.3, -0.25) is 0 Å². The lowest BCUT2D eigenvalue weighted by atomic mass is 10.1. The maximum absolute atomic E-state index is 11.1. The van der Waals surface area contributed by atoms with E-state index in [1.807, 2.05) is 0 Å². The number of unbranched alkanes of at least 4 members (excludes halogenated alkanes) is 3. The Balaban J connectivity index is 3.54. The number of esters is 1. The van der Waals surface area contributed by atoms with Crippen LogP contribution in [0.3, 0.4) is 0 Å². The first-order valence-electron chi connectivity index (χ1n) is 7.61. The number of quaternary nitrogens is 1. The molecule has 0 N–H and O–H groups in total. The molecule has 112 valence electrons. The van der Waals surface area contributed by atoms with E-state index < -0.39 is 0 Å². The van der Waals surface area contributed by atoms with Crippen molar-refractivity contribution in [2.75, 3.05) is 33.3 Å². The van der Waals surface area contributed by atoms with Gasteiger partial charge in [0.2, 0.25) is 0 Å². The standard InChI is InChI=1S/C16H32NO2/c1-6-12-17(5,7-2)13-10-8-9-11-14-19-16(18)15(3)4/h3,6-14H2,1-2,4-5H3/q+1. The van der Waals surface area contributed by atoms with Crippen LogP contribution in [-0.4, -0.2) is 43.7 Å². The van der Waals surface area contributed by atoms with Gasteiger partial charge >= 0.3 is 5.97 Å². The molecule has 0 bridgehead atoms. The third-order valence-electron chi connectivity index (χ3n) is 3.70. The second-order valence-electron chi connectivity index (χ2n) is 5.71. The summed E-state index contributed by atoms with van der Waals surface area (Å²) in [4.78, 5) is 11.1. The molecule has 0 amide bonds. The largest absolute Gasteiger partial charge is 0.462 e. The van der Waals surface area contributed by atoms with Crippen LogP contribution in [0.4, 0.5) is 0 Å². The minimum atomic E-state index is -0.266. The van der Waals surface area contributed by atoms with Gasteiger partial charge < -0.3 is 9.22 Å². The molecular formula is C16H32NO2+. The number of nitrogens with zero attached hydrogens (tertiary/aromatic N) is 1. The Bertz CT molecular complexity index is 276. The zero-order valence-electron chi connectivity index (χ0n) is 13.3. The van der Waals surface area contributed by atoms with Crippen molar-refractivity contribution >= 4 is 5.97 Å². The van der Waals surface area contributed by atoms with E-state index in [0.29, 0.717) is 12.2 Å². The van der Waals surface area contributed by atoms with Crippen molar-refractivity contribution in [2.24, 2.45) is 0 Å². The summed E-state index contributed by atoms with van der Waals surface area (Å²) in [6, 6.07) is 0. The Hall–Kier alpha value is -0.830. The van der Waals surface area contributed by atoms with Crippen LogP contribution in [0.1, 0.15) is 52.9 Å². The number of rotatable bonds is 11. The number of hydrogen-bond donors (Lipinski definition) is 0. The maximum Gasteiger partial charge on any atom is 0.333 e. The molecule has 0 rings (SSSR count). The van der Waals surface area contributed by atoms with Crippen molar-refractivity contribution in [3.8, 4) is 0 Å². The van der Waals surface area contributed by atoms with Gasteiger partial charge in [-0.1, -0.05) is 13.5 Å². The van der Waals surface area contributed by atoms with Gasteiger partial charge in [-0.15, -0.1) is 0 Å². The van der Waals surface area contributed by atoms with Gasteiger partial charge in [0, 0.05) is 5.57 Å². The highest BCUT2D eigenvalue weighted by Gasteiger charge is 2.16. The van der Waals surface area contributed by atoms with Crippen LogP contribution in [0.15, 0.2) is 12.2 Å². The Morgan fingerprint density at radius 2 is 1.74 bits per heavy atom. The molecule has 3 heteroatoms. The van der Waals surface area contributed by atoms with Crippen molar-refractivity contribution in [2.45, 2.75) is 52.9 Å². The Labute approximate surface area is 119 Å². The number of carbonyl (C=O) groups excluding carboxylic acids is 1. The normalized spacial score (nSPS) is 13.9. The first-order valence-corrected chi connectivity index (χ1v) is 7.61. The topological polar surface area (TPSA) is 26.3 Å². The van der Waals surface area contributed by atoms with Crippen LogP contribution in [-0.2, 0) is 9.53 Å². The lowest BCUT2D eigenvalue weighted by Crippen LogP contribution is -2.45. The van der Waals surface area contributed by atoms with Crippen LogP contribution < -0.4 is 0 Å². The first-order chi connectivity index (χ1) is 8.95. The zero-order valence-corrected chi connectivity index (χ0v) is 13.3. The summed E-state index contributed by atoms with van der Waals surface area (Å²) >= 11 is 0. The fraction of sp³-hybridized carbons (Fsp3) is 0.812. The van der Waals surface area contributed by atoms with Crippen molar-refractivity contribution in [3.63, 3.8) is 0 Å². The Kier molecular flexibility index (Phi) is 9.58. The molecule has 0 saturated heterocycles. The number of ether oxygens (including phenoxy) is 1. The quantitative estimate of drug-likeness (QED) is 0.248. The molecule has 0 aliphatic heterocycles. The van der Waals surface area contributed by atoms with E-state index in [2.05, 4.69) is 27.5 Å². The fourth-order valence-electron chi connectivity index (χ4n) is 2.21. The van der Waals surface area contributed by atoms with E-state index in [-0.39, 0.29) is 5.97 Å². The molecule has 3 nitrogen and oxygen atoms in total. The van der Waals surface area contributed by atoms with Gasteiger partial charge in [0.25, 0.3) is 0 Å². The fourth-order valence-corrected chi connectivity index (χ4v) is 2.21. The lowest BCUT2D eigenvalue weighted by molar-refractivity contribution is -0.908. The molecule has 19 heavy (non-hydrogen) atoms. The van der Waals surface area contributed by atoms with E-state index in [0.717, 1.165) is 12.8 Å². The van der Waals surface area contributed by atoms with Gasteiger partial charge in [0.1, 0.15) is 0 Å². The summed E-state index contributed by atoms with van der Waals surface area (Å²) in [6.45, 7) is 14.0. The molecule has 0 radical (unpaired) electrons. The molecule has 1 unspecified atom stereocenters. The highest BCUT2D eigenvalue weighted by molar-refractivity contribution is 5.86. The third-order valence-corrected chi connectivity index (χ3v) is 3.70. The number of carbonyl (C=O) groups is 1. The van der Waals surface area contributed by atoms with Crippen molar-refractivity contribution < 1.29 is 14.0 Å². The third kappa shape index (κ3) is 8.82. The second-order valence-corrected chi connectivity index (χ2v) is 5.71. The number of hydrogen-bond acceptors (Lipinski definition) is 2. The van der Waals surface area contributed by atoms with E-state index in [4.69, 9.17) is 4.74 Å². The molecule has 0 saturated carbocycles. The van der Waals surface area contributed by atoms with Gasteiger partial charge in [0.05, 0.1) is 33.3 Å². The summed E-state index contributed by atoms with van der Waals surface area (Å²) in [5.41, 5.74) is 0.482. The molecule has 1 atom stereocenters. The molecule has 0 aliphatic carbocycles. The summed E-state index contributed by atoms with van der Waals surface area (Å²) in [7, 11) is 2.35. The van der Waals surface area contributed by atoms with Crippen molar-refractivity contribution in [1.29, 1.82) is 0 Å². The zero-order chi connectivity index (χ0) is 14.7. The molecule has 0 aliphatic rings. The minimum Gasteiger partial charge on any atom is -0.462 e. The monoisotopic (exact) mass is 270 g/mol. The van der Waals surface area contributed by atoms with Gasteiger partial charge in [-0.05, 0) is 46.0 Å². The maximum atomic E-state index is 11.1.